The van der Waals surface area contributed by atoms with E-state index < -0.39 is 4.92 Å². The van der Waals surface area contributed by atoms with Crippen molar-refractivity contribution in [1.29, 1.82) is 0 Å². The van der Waals surface area contributed by atoms with E-state index in [4.69, 9.17) is 4.74 Å². The quantitative estimate of drug-likeness (QED) is 0.628. The fourth-order valence-electron chi connectivity index (χ4n) is 3.32. The number of pyridine rings is 1. The fraction of sp³-hybridized carbons (Fsp3) is 0.400. The van der Waals surface area contributed by atoms with E-state index in [1.807, 2.05) is 43.0 Å². The Morgan fingerprint density at radius 1 is 1.29 bits per heavy atom. The van der Waals surface area contributed by atoms with Gasteiger partial charge >= 0.3 is 0 Å². The third-order valence-corrected chi connectivity index (χ3v) is 4.64. The zero-order valence-corrected chi connectivity index (χ0v) is 16.2. The van der Waals surface area contributed by atoms with Crippen molar-refractivity contribution >= 4 is 17.4 Å². The molecule has 1 aliphatic heterocycles. The van der Waals surface area contributed by atoms with Gasteiger partial charge in [0.2, 0.25) is 0 Å². The van der Waals surface area contributed by atoms with E-state index in [9.17, 15) is 14.9 Å². The standard InChI is InChI=1S/C20H24N4O4/c1-13-8-18(24(26)27)10-22-19(13)21-9-16-4-6-17(7-5-16)20(25)23-11-14(2)28-15(3)12-23/h4-8,10,14-15H,9,11-12H2,1-3H3,(H,21,22). The zero-order chi connectivity index (χ0) is 20.3. The smallest absolute Gasteiger partial charge is 0.287 e. The van der Waals surface area contributed by atoms with Gasteiger partial charge in [-0.3, -0.25) is 14.9 Å². The monoisotopic (exact) mass is 384 g/mol. The number of nitrogens with zero attached hydrogens (tertiary/aromatic N) is 3. The van der Waals surface area contributed by atoms with Gasteiger partial charge in [-0.1, -0.05) is 12.1 Å². The maximum absolute atomic E-state index is 12.7. The van der Waals surface area contributed by atoms with Crippen LogP contribution in [-0.4, -0.2) is 46.0 Å². The van der Waals surface area contributed by atoms with Crippen LogP contribution in [-0.2, 0) is 11.3 Å². The van der Waals surface area contributed by atoms with Crippen molar-refractivity contribution in [2.45, 2.75) is 39.5 Å². The first-order chi connectivity index (χ1) is 13.3. The molecule has 3 rings (SSSR count). The molecule has 0 radical (unpaired) electrons. The van der Waals surface area contributed by atoms with Gasteiger partial charge in [-0.05, 0) is 44.0 Å². The molecule has 1 N–H and O–H groups in total. The van der Waals surface area contributed by atoms with Gasteiger partial charge < -0.3 is 15.0 Å². The van der Waals surface area contributed by atoms with Crippen molar-refractivity contribution in [3.63, 3.8) is 0 Å². The Hall–Kier alpha value is -3.00. The molecule has 1 aromatic heterocycles. The summed E-state index contributed by atoms with van der Waals surface area (Å²) in [7, 11) is 0. The third kappa shape index (κ3) is 4.64. The van der Waals surface area contributed by atoms with E-state index in [1.165, 1.54) is 12.3 Å². The Bertz CT molecular complexity index is 859. The number of morpholine rings is 1. The van der Waals surface area contributed by atoms with Crippen molar-refractivity contribution in [1.82, 2.24) is 9.88 Å². The maximum Gasteiger partial charge on any atom is 0.287 e. The third-order valence-electron chi connectivity index (χ3n) is 4.64. The highest BCUT2D eigenvalue weighted by Gasteiger charge is 2.26. The Morgan fingerprint density at radius 2 is 1.93 bits per heavy atom. The van der Waals surface area contributed by atoms with Gasteiger partial charge in [-0.25, -0.2) is 4.98 Å². The average Bonchev–Trinajstić information content (AvgIpc) is 2.66. The van der Waals surface area contributed by atoms with Crippen LogP contribution in [0.1, 0.15) is 35.3 Å². The number of hydrogen-bond acceptors (Lipinski definition) is 6. The molecule has 2 unspecified atom stereocenters. The van der Waals surface area contributed by atoms with Crippen molar-refractivity contribution in [2.24, 2.45) is 0 Å². The molecule has 28 heavy (non-hydrogen) atoms. The first-order valence-electron chi connectivity index (χ1n) is 9.22. The molecule has 1 aliphatic rings. The molecule has 0 spiro atoms. The molecular formula is C20H24N4O4. The number of carbonyl (C=O) groups excluding carboxylic acids is 1. The SMILES string of the molecule is Cc1cc([N+](=O)[O-])cnc1NCc1ccc(C(=O)N2CC(C)OC(C)C2)cc1. The lowest BCUT2D eigenvalue weighted by atomic mass is 10.1. The number of aromatic nitrogens is 1. The number of ether oxygens (including phenoxy) is 1. The summed E-state index contributed by atoms with van der Waals surface area (Å²) < 4.78 is 5.68. The number of rotatable bonds is 5. The molecule has 0 aliphatic carbocycles. The largest absolute Gasteiger partial charge is 0.372 e. The Labute approximate surface area is 163 Å². The van der Waals surface area contributed by atoms with Crippen LogP contribution in [0.15, 0.2) is 36.5 Å². The highest BCUT2D eigenvalue weighted by atomic mass is 16.6. The topological polar surface area (TPSA) is 97.6 Å². The number of nitrogens with one attached hydrogen (secondary N) is 1. The zero-order valence-electron chi connectivity index (χ0n) is 16.2. The molecule has 2 atom stereocenters. The summed E-state index contributed by atoms with van der Waals surface area (Å²) in [4.78, 5) is 29.0. The Balaban J connectivity index is 1.62. The molecule has 1 aromatic carbocycles. The molecule has 8 nitrogen and oxygen atoms in total. The van der Waals surface area contributed by atoms with Crippen LogP contribution in [0.4, 0.5) is 11.5 Å². The van der Waals surface area contributed by atoms with Crippen LogP contribution >= 0.6 is 0 Å². The second-order valence-electron chi connectivity index (χ2n) is 7.13. The highest BCUT2D eigenvalue weighted by molar-refractivity contribution is 5.94. The summed E-state index contributed by atoms with van der Waals surface area (Å²) in [5, 5.41) is 14.0. The van der Waals surface area contributed by atoms with E-state index in [2.05, 4.69) is 10.3 Å². The van der Waals surface area contributed by atoms with Crippen LogP contribution < -0.4 is 5.32 Å². The maximum atomic E-state index is 12.7. The lowest BCUT2D eigenvalue weighted by Gasteiger charge is -2.35. The number of hydrogen-bond donors (Lipinski definition) is 1. The average molecular weight is 384 g/mol. The minimum atomic E-state index is -0.463. The first kappa shape index (κ1) is 19.8. The molecule has 8 heteroatoms. The molecule has 1 saturated heterocycles. The molecule has 0 saturated carbocycles. The molecular weight excluding hydrogens is 360 g/mol. The van der Waals surface area contributed by atoms with E-state index in [1.54, 1.807) is 6.92 Å². The van der Waals surface area contributed by atoms with Gasteiger partial charge in [0.05, 0.1) is 17.1 Å². The van der Waals surface area contributed by atoms with Crippen molar-refractivity contribution in [2.75, 3.05) is 18.4 Å². The van der Waals surface area contributed by atoms with Gasteiger partial charge in [-0.2, -0.15) is 0 Å². The summed E-state index contributed by atoms with van der Waals surface area (Å²) in [5.41, 5.74) is 2.31. The lowest BCUT2D eigenvalue weighted by molar-refractivity contribution is -0.385. The minimum Gasteiger partial charge on any atom is -0.372 e. The van der Waals surface area contributed by atoms with Crippen molar-refractivity contribution in [3.8, 4) is 0 Å². The first-order valence-corrected chi connectivity index (χ1v) is 9.22. The van der Waals surface area contributed by atoms with E-state index in [-0.39, 0.29) is 23.8 Å². The number of aryl methyl sites for hydroxylation is 1. The molecule has 1 fully saturated rings. The lowest BCUT2D eigenvalue weighted by Crippen LogP contribution is -2.48. The highest BCUT2D eigenvalue weighted by Crippen LogP contribution is 2.19. The van der Waals surface area contributed by atoms with E-state index in [0.717, 1.165) is 5.56 Å². The number of benzene rings is 1. The van der Waals surface area contributed by atoms with Crippen LogP contribution in [0.2, 0.25) is 0 Å². The van der Waals surface area contributed by atoms with Crippen LogP contribution in [0.3, 0.4) is 0 Å². The second-order valence-corrected chi connectivity index (χ2v) is 7.13. The normalized spacial score (nSPS) is 19.3. The number of anilines is 1. The Kier molecular flexibility index (Phi) is 5.89. The summed E-state index contributed by atoms with van der Waals surface area (Å²) >= 11 is 0. The van der Waals surface area contributed by atoms with Crippen molar-refractivity contribution in [3.05, 3.63) is 63.3 Å². The predicted octanol–water partition coefficient (Wildman–Crippen LogP) is 3.16. The van der Waals surface area contributed by atoms with Gasteiger partial charge in [0.15, 0.2) is 0 Å². The van der Waals surface area contributed by atoms with Crippen molar-refractivity contribution < 1.29 is 14.5 Å². The second kappa shape index (κ2) is 8.35. The number of carbonyl (C=O) groups is 1. The fourth-order valence-corrected chi connectivity index (χ4v) is 3.32. The molecule has 1 amide bonds. The minimum absolute atomic E-state index is 0.00869. The number of nitro groups is 1. The summed E-state index contributed by atoms with van der Waals surface area (Å²) in [6.07, 6.45) is 1.31. The van der Waals surface area contributed by atoms with Gasteiger partial charge in [0.1, 0.15) is 12.0 Å². The molecule has 2 heterocycles. The summed E-state index contributed by atoms with van der Waals surface area (Å²) in [5.74, 6) is 0.608. The number of amides is 1. The predicted molar refractivity (Wildman–Crippen MR) is 105 cm³/mol. The Morgan fingerprint density at radius 3 is 2.50 bits per heavy atom. The summed E-state index contributed by atoms with van der Waals surface area (Å²) in [6, 6.07) is 8.92. The van der Waals surface area contributed by atoms with Gasteiger partial charge in [0, 0.05) is 31.3 Å². The van der Waals surface area contributed by atoms with Crippen LogP contribution in [0, 0.1) is 17.0 Å². The molecule has 0 bridgehead atoms. The van der Waals surface area contributed by atoms with Gasteiger partial charge in [-0.15, -0.1) is 0 Å². The van der Waals surface area contributed by atoms with Crippen LogP contribution in [0.5, 0.6) is 0 Å². The summed E-state index contributed by atoms with van der Waals surface area (Å²) in [6.45, 7) is 7.41. The van der Waals surface area contributed by atoms with E-state index >= 15 is 0 Å². The van der Waals surface area contributed by atoms with E-state index in [0.29, 0.717) is 36.6 Å². The van der Waals surface area contributed by atoms with Crippen LogP contribution in [0.25, 0.3) is 0 Å². The van der Waals surface area contributed by atoms with Gasteiger partial charge in [0.25, 0.3) is 11.6 Å². The molecule has 148 valence electrons. The molecule has 2 aromatic rings.